The summed E-state index contributed by atoms with van der Waals surface area (Å²) in [5, 5.41) is 0. The second-order valence-corrected chi connectivity index (χ2v) is 9.20. The van der Waals surface area contributed by atoms with E-state index in [-0.39, 0.29) is 5.91 Å². The molecular formula is C10H21NO3Si. The van der Waals surface area contributed by atoms with E-state index in [0.29, 0.717) is 13.0 Å². The molecule has 0 bridgehead atoms. The molecule has 0 spiro atoms. The Morgan fingerprint density at radius 1 is 1.27 bits per heavy atom. The van der Waals surface area contributed by atoms with Crippen molar-refractivity contribution in [2.24, 2.45) is 5.92 Å². The molecule has 4 nitrogen and oxygen atoms in total. The smallest absolute Gasteiger partial charge is 0.318 e. The topological polar surface area (TPSA) is 55.4 Å². The standard InChI is InChI=1S/C10H21NO3Si/c1-6-8(10(13)14-7-2)9(12)11-15(3,4)5/h8H,6-7H2,1-5H3,(H,11,12). The van der Waals surface area contributed by atoms with E-state index in [4.69, 9.17) is 4.74 Å². The molecule has 5 heteroatoms. The van der Waals surface area contributed by atoms with Crippen LogP contribution in [0.3, 0.4) is 0 Å². The second kappa shape index (κ2) is 5.90. The Hall–Kier alpha value is -0.843. The van der Waals surface area contributed by atoms with Crippen molar-refractivity contribution in [2.45, 2.75) is 39.9 Å². The van der Waals surface area contributed by atoms with Crippen LogP contribution < -0.4 is 4.98 Å². The van der Waals surface area contributed by atoms with Crippen molar-refractivity contribution in [3.05, 3.63) is 0 Å². The molecule has 15 heavy (non-hydrogen) atoms. The van der Waals surface area contributed by atoms with Gasteiger partial charge in [-0.2, -0.15) is 0 Å². The monoisotopic (exact) mass is 231 g/mol. The Bertz CT molecular complexity index is 235. The fourth-order valence-corrected chi connectivity index (χ4v) is 2.07. The Morgan fingerprint density at radius 3 is 2.13 bits per heavy atom. The molecular weight excluding hydrogens is 210 g/mol. The minimum absolute atomic E-state index is 0.199. The van der Waals surface area contributed by atoms with Gasteiger partial charge in [0.1, 0.15) is 14.2 Å². The van der Waals surface area contributed by atoms with Crippen LogP contribution >= 0.6 is 0 Å². The molecule has 0 saturated heterocycles. The third-order valence-corrected chi connectivity index (χ3v) is 2.79. The van der Waals surface area contributed by atoms with Crippen LogP contribution in [0.25, 0.3) is 0 Å². The zero-order valence-corrected chi connectivity index (χ0v) is 11.2. The molecule has 0 fully saturated rings. The Morgan fingerprint density at radius 2 is 1.80 bits per heavy atom. The molecule has 1 atom stereocenters. The lowest BCUT2D eigenvalue weighted by Gasteiger charge is -2.21. The summed E-state index contributed by atoms with van der Waals surface area (Å²) >= 11 is 0. The number of hydrogen-bond donors (Lipinski definition) is 1. The van der Waals surface area contributed by atoms with Crippen molar-refractivity contribution in [1.82, 2.24) is 4.98 Å². The third kappa shape index (κ3) is 5.56. The summed E-state index contributed by atoms with van der Waals surface area (Å²) in [5.41, 5.74) is 0. The molecule has 88 valence electrons. The van der Waals surface area contributed by atoms with Crippen molar-refractivity contribution in [3.63, 3.8) is 0 Å². The summed E-state index contributed by atoms with van der Waals surface area (Å²) in [7, 11) is -1.68. The lowest BCUT2D eigenvalue weighted by Crippen LogP contribution is -2.49. The Labute approximate surface area is 92.5 Å². The second-order valence-electron chi connectivity index (χ2n) is 4.45. The van der Waals surface area contributed by atoms with Crippen LogP contribution in [0.5, 0.6) is 0 Å². The van der Waals surface area contributed by atoms with Crippen LogP contribution in [0.1, 0.15) is 20.3 Å². The molecule has 1 unspecified atom stereocenters. The summed E-state index contributed by atoms with van der Waals surface area (Å²) < 4.78 is 4.85. The summed E-state index contributed by atoms with van der Waals surface area (Å²) in [5.74, 6) is -1.28. The first-order valence-electron chi connectivity index (χ1n) is 5.30. The average Bonchev–Trinajstić information content (AvgIpc) is 2.02. The Balaban J connectivity index is 4.41. The molecule has 0 aliphatic carbocycles. The predicted octanol–water partition coefficient (Wildman–Crippen LogP) is 1.53. The number of carbonyl (C=O) groups is 2. The molecule has 0 aliphatic rings. The number of rotatable bonds is 5. The van der Waals surface area contributed by atoms with Crippen molar-refractivity contribution in [3.8, 4) is 0 Å². The average molecular weight is 231 g/mol. The van der Waals surface area contributed by atoms with E-state index < -0.39 is 20.1 Å². The fourth-order valence-electron chi connectivity index (χ4n) is 1.16. The van der Waals surface area contributed by atoms with Gasteiger partial charge < -0.3 is 9.72 Å². The molecule has 0 aromatic carbocycles. The van der Waals surface area contributed by atoms with E-state index in [0.717, 1.165) is 0 Å². The van der Waals surface area contributed by atoms with E-state index >= 15 is 0 Å². The van der Waals surface area contributed by atoms with E-state index in [1.165, 1.54) is 0 Å². The maximum absolute atomic E-state index is 11.7. The SMILES string of the molecule is CCOC(=O)C(CC)C(=O)N[Si](C)(C)C. The van der Waals surface area contributed by atoms with Crippen LogP contribution in [0.2, 0.25) is 19.6 Å². The van der Waals surface area contributed by atoms with Crippen molar-refractivity contribution in [2.75, 3.05) is 6.61 Å². The Kier molecular flexibility index (Phi) is 5.57. The first-order valence-corrected chi connectivity index (χ1v) is 8.80. The highest BCUT2D eigenvalue weighted by Gasteiger charge is 2.29. The van der Waals surface area contributed by atoms with Crippen molar-refractivity contribution >= 4 is 20.1 Å². The molecule has 0 saturated carbocycles. The number of hydrogen-bond acceptors (Lipinski definition) is 3. The summed E-state index contributed by atoms with van der Waals surface area (Å²) in [6, 6.07) is 0. The van der Waals surface area contributed by atoms with E-state index in [1.54, 1.807) is 6.92 Å². The number of nitrogens with one attached hydrogen (secondary N) is 1. The highest BCUT2D eigenvalue weighted by Crippen LogP contribution is 2.07. The van der Waals surface area contributed by atoms with Crippen LogP contribution in [0.15, 0.2) is 0 Å². The zero-order chi connectivity index (χ0) is 12.1. The van der Waals surface area contributed by atoms with Gasteiger partial charge in [0.05, 0.1) is 6.61 Å². The third-order valence-electron chi connectivity index (χ3n) is 1.79. The van der Waals surface area contributed by atoms with Gasteiger partial charge in [-0.25, -0.2) is 0 Å². The highest BCUT2D eigenvalue weighted by atomic mass is 28.3. The number of esters is 1. The number of ether oxygens (including phenoxy) is 1. The van der Waals surface area contributed by atoms with Crippen LogP contribution in [0, 0.1) is 5.92 Å². The van der Waals surface area contributed by atoms with E-state index in [2.05, 4.69) is 4.98 Å². The minimum atomic E-state index is -1.68. The molecule has 1 N–H and O–H groups in total. The van der Waals surface area contributed by atoms with Crippen molar-refractivity contribution in [1.29, 1.82) is 0 Å². The lowest BCUT2D eigenvalue weighted by molar-refractivity contribution is -0.151. The van der Waals surface area contributed by atoms with Gasteiger partial charge in [-0.1, -0.05) is 26.6 Å². The van der Waals surface area contributed by atoms with Gasteiger partial charge in [0.2, 0.25) is 5.91 Å². The van der Waals surface area contributed by atoms with Gasteiger partial charge in [-0.05, 0) is 13.3 Å². The molecule has 0 aliphatic heterocycles. The normalized spacial score (nSPS) is 13.1. The molecule has 0 aromatic rings. The minimum Gasteiger partial charge on any atom is -0.465 e. The lowest BCUT2D eigenvalue weighted by atomic mass is 10.1. The highest BCUT2D eigenvalue weighted by molar-refractivity contribution is 6.75. The maximum atomic E-state index is 11.7. The van der Waals surface area contributed by atoms with Gasteiger partial charge in [0, 0.05) is 0 Å². The molecule has 0 rings (SSSR count). The zero-order valence-electron chi connectivity index (χ0n) is 10.2. The van der Waals surface area contributed by atoms with Crippen LogP contribution in [0.4, 0.5) is 0 Å². The quantitative estimate of drug-likeness (QED) is 0.443. The maximum Gasteiger partial charge on any atom is 0.318 e. The molecule has 1 amide bonds. The summed E-state index contributed by atoms with van der Waals surface area (Å²) in [6.45, 7) is 9.91. The molecule has 0 aromatic heterocycles. The molecule has 0 radical (unpaired) electrons. The summed E-state index contributed by atoms with van der Waals surface area (Å²) in [6.07, 6.45) is 0.481. The van der Waals surface area contributed by atoms with E-state index in [1.807, 2.05) is 26.6 Å². The molecule has 0 heterocycles. The summed E-state index contributed by atoms with van der Waals surface area (Å²) in [4.78, 5) is 26.1. The predicted molar refractivity (Wildman–Crippen MR) is 61.9 cm³/mol. The first kappa shape index (κ1) is 14.2. The van der Waals surface area contributed by atoms with Crippen LogP contribution in [-0.4, -0.2) is 26.7 Å². The van der Waals surface area contributed by atoms with Gasteiger partial charge in [-0.15, -0.1) is 0 Å². The fraction of sp³-hybridized carbons (Fsp3) is 0.800. The number of carbonyl (C=O) groups excluding carboxylic acids is 2. The van der Waals surface area contributed by atoms with Gasteiger partial charge in [-0.3, -0.25) is 9.59 Å². The van der Waals surface area contributed by atoms with Crippen LogP contribution in [-0.2, 0) is 14.3 Å². The largest absolute Gasteiger partial charge is 0.465 e. The van der Waals surface area contributed by atoms with Crippen molar-refractivity contribution < 1.29 is 14.3 Å². The number of amides is 1. The van der Waals surface area contributed by atoms with Gasteiger partial charge in [0.25, 0.3) is 0 Å². The van der Waals surface area contributed by atoms with Gasteiger partial charge in [0.15, 0.2) is 0 Å². The van der Waals surface area contributed by atoms with E-state index in [9.17, 15) is 9.59 Å². The van der Waals surface area contributed by atoms with Gasteiger partial charge >= 0.3 is 5.97 Å². The first-order chi connectivity index (χ1) is 6.81.